The lowest BCUT2D eigenvalue weighted by molar-refractivity contribution is -0.384. The number of nitrogens with zero attached hydrogens (tertiary/aromatic N) is 6. The van der Waals surface area contributed by atoms with Crippen molar-refractivity contribution in [3.05, 3.63) is 57.7 Å². The van der Waals surface area contributed by atoms with E-state index >= 15 is 0 Å². The molecule has 15 heteroatoms. The van der Waals surface area contributed by atoms with Crippen LogP contribution in [-0.2, 0) is 17.9 Å². The van der Waals surface area contributed by atoms with Crippen molar-refractivity contribution in [2.24, 2.45) is 0 Å². The van der Waals surface area contributed by atoms with E-state index in [1.807, 2.05) is 0 Å². The van der Waals surface area contributed by atoms with Crippen LogP contribution in [0.3, 0.4) is 0 Å². The van der Waals surface area contributed by atoms with E-state index in [1.54, 1.807) is 11.5 Å². The molecule has 0 bridgehead atoms. The average Bonchev–Trinajstić information content (AvgIpc) is 3.36. The smallest absolute Gasteiger partial charge is 0.282 e. The number of hydrogen-bond acceptors (Lipinski definition) is 7. The van der Waals surface area contributed by atoms with E-state index in [2.05, 4.69) is 20.6 Å². The minimum Gasteiger partial charge on any atom is -0.325 e. The number of carbonyl (C=O) groups is 1. The number of nitro benzene ring substituents is 1. The molecule has 0 saturated carbocycles. The molecule has 0 saturated heterocycles. The minimum absolute atomic E-state index is 0.111. The number of hydrogen-bond donors (Lipinski definition) is 1. The van der Waals surface area contributed by atoms with E-state index in [0.717, 1.165) is 16.4 Å². The fraction of sp³-hybridized carbons (Fsp3) is 0.333. The normalized spacial score (nSPS) is 11.4. The summed E-state index contributed by atoms with van der Waals surface area (Å²) in [6.07, 6.45) is -6.00. The summed E-state index contributed by atoms with van der Waals surface area (Å²) >= 11 is 1.01. The zero-order chi connectivity index (χ0) is 24.1. The number of amides is 1. The molecule has 176 valence electrons. The van der Waals surface area contributed by atoms with Crippen LogP contribution < -0.4 is 5.32 Å². The van der Waals surface area contributed by atoms with Crippen molar-refractivity contribution in [2.45, 2.75) is 38.0 Å². The Labute approximate surface area is 188 Å². The summed E-state index contributed by atoms with van der Waals surface area (Å²) in [6.45, 7) is 1.75. The van der Waals surface area contributed by atoms with Gasteiger partial charge in [0.2, 0.25) is 5.91 Å². The second-order valence-electron chi connectivity index (χ2n) is 6.54. The zero-order valence-corrected chi connectivity index (χ0v) is 17.8. The highest BCUT2D eigenvalue weighted by molar-refractivity contribution is 7.99. The van der Waals surface area contributed by atoms with E-state index in [-0.39, 0.29) is 29.5 Å². The predicted molar refractivity (Wildman–Crippen MR) is 109 cm³/mol. The van der Waals surface area contributed by atoms with E-state index in [4.69, 9.17) is 0 Å². The van der Waals surface area contributed by atoms with Crippen LogP contribution in [0.15, 0.2) is 35.5 Å². The van der Waals surface area contributed by atoms with Crippen LogP contribution in [0.1, 0.15) is 37.0 Å². The fourth-order valence-corrected chi connectivity index (χ4v) is 3.70. The maximum Gasteiger partial charge on any atom is 0.282 e. The highest BCUT2D eigenvalue weighted by atomic mass is 32.2. The summed E-state index contributed by atoms with van der Waals surface area (Å²) in [5, 5.41) is 25.1. The summed E-state index contributed by atoms with van der Waals surface area (Å²) in [6, 6.07) is 6.09. The summed E-state index contributed by atoms with van der Waals surface area (Å²) < 4.78 is 54.5. The topological polar surface area (TPSA) is 121 Å². The van der Waals surface area contributed by atoms with Gasteiger partial charge in [0.25, 0.3) is 18.5 Å². The van der Waals surface area contributed by atoms with Gasteiger partial charge in [-0.3, -0.25) is 19.6 Å². The van der Waals surface area contributed by atoms with Crippen LogP contribution >= 0.6 is 11.8 Å². The third-order valence-corrected chi connectivity index (χ3v) is 5.32. The highest BCUT2D eigenvalue weighted by Crippen LogP contribution is 2.26. The van der Waals surface area contributed by atoms with Gasteiger partial charge in [-0.2, -0.15) is 5.10 Å². The molecule has 33 heavy (non-hydrogen) atoms. The number of anilines is 1. The standard InChI is InChI=1S/C18H17F4N7O3S/c1-2-27-14(8-28-13(17(21)22)7-12(26-28)16(19)20)24-25-18(27)33-9-15(30)23-10-4-3-5-11(6-10)29(31)32/h3-7,16-17H,2,8-9H2,1H3,(H,23,30). The number of thioether (sulfide) groups is 1. The van der Waals surface area contributed by atoms with Gasteiger partial charge >= 0.3 is 0 Å². The Balaban J connectivity index is 1.69. The lowest BCUT2D eigenvalue weighted by atomic mass is 10.3. The first kappa shape index (κ1) is 24.2. The number of non-ortho nitro benzene ring substituents is 1. The van der Waals surface area contributed by atoms with Crippen molar-refractivity contribution < 1.29 is 27.3 Å². The van der Waals surface area contributed by atoms with Crippen molar-refractivity contribution in [3.8, 4) is 0 Å². The van der Waals surface area contributed by atoms with Crippen LogP contribution in [0.4, 0.5) is 28.9 Å². The molecular weight excluding hydrogens is 470 g/mol. The summed E-state index contributed by atoms with van der Waals surface area (Å²) in [5.41, 5.74) is -1.35. The van der Waals surface area contributed by atoms with Gasteiger partial charge in [-0.05, 0) is 19.1 Å². The number of rotatable bonds is 10. The summed E-state index contributed by atoms with van der Waals surface area (Å²) in [4.78, 5) is 22.5. The minimum atomic E-state index is -3.01. The monoisotopic (exact) mass is 487 g/mol. The second kappa shape index (κ2) is 10.4. The molecule has 0 spiro atoms. The Morgan fingerprint density at radius 1 is 1.21 bits per heavy atom. The molecule has 0 atom stereocenters. The maximum absolute atomic E-state index is 13.2. The summed E-state index contributed by atoms with van der Waals surface area (Å²) in [7, 11) is 0. The number of benzene rings is 1. The molecule has 3 aromatic rings. The Bertz CT molecular complexity index is 1150. The predicted octanol–water partition coefficient (Wildman–Crippen LogP) is 4.06. The Kier molecular flexibility index (Phi) is 7.63. The van der Waals surface area contributed by atoms with Crippen LogP contribution in [0, 0.1) is 10.1 Å². The van der Waals surface area contributed by atoms with Gasteiger partial charge in [-0.1, -0.05) is 17.8 Å². The molecular formula is C18H17F4N7O3S. The number of nitrogens with one attached hydrogen (secondary N) is 1. The Morgan fingerprint density at radius 3 is 2.61 bits per heavy atom. The molecule has 0 aliphatic carbocycles. The molecule has 0 radical (unpaired) electrons. The van der Waals surface area contributed by atoms with E-state index in [9.17, 15) is 32.5 Å². The molecule has 1 amide bonds. The molecule has 1 aromatic carbocycles. The number of halogens is 4. The molecule has 0 aliphatic rings. The SMILES string of the molecule is CCn1c(Cn2nc(C(F)F)cc2C(F)F)nnc1SCC(=O)Nc1cccc([N+](=O)[O-])c1. The molecule has 2 aromatic heterocycles. The van der Waals surface area contributed by atoms with Gasteiger partial charge in [-0.25, -0.2) is 17.6 Å². The second-order valence-corrected chi connectivity index (χ2v) is 7.48. The molecule has 0 fully saturated rings. The Morgan fingerprint density at radius 2 is 1.97 bits per heavy atom. The number of alkyl halides is 4. The van der Waals surface area contributed by atoms with Crippen molar-refractivity contribution in [3.63, 3.8) is 0 Å². The number of nitro groups is 1. The molecule has 3 rings (SSSR count). The first-order chi connectivity index (χ1) is 15.7. The number of carbonyl (C=O) groups excluding carboxylic acids is 1. The average molecular weight is 487 g/mol. The third kappa shape index (κ3) is 5.85. The molecule has 10 nitrogen and oxygen atoms in total. The van der Waals surface area contributed by atoms with E-state index in [1.165, 1.54) is 24.3 Å². The van der Waals surface area contributed by atoms with Gasteiger partial charge < -0.3 is 9.88 Å². The highest BCUT2D eigenvalue weighted by Gasteiger charge is 2.23. The Hall–Kier alpha value is -3.49. The largest absolute Gasteiger partial charge is 0.325 e. The quantitative estimate of drug-likeness (QED) is 0.198. The summed E-state index contributed by atoms with van der Waals surface area (Å²) in [5.74, 6) is -0.369. The van der Waals surface area contributed by atoms with Crippen LogP contribution in [-0.4, -0.2) is 41.1 Å². The van der Waals surface area contributed by atoms with Gasteiger partial charge in [-0.15, -0.1) is 10.2 Å². The van der Waals surface area contributed by atoms with E-state index in [0.29, 0.717) is 17.8 Å². The lowest BCUT2D eigenvalue weighted by Crippen LogP contribution is -2.15. The van der Waals surface area contributed by atoms with Crippen LogP contribution in [0.2, 0.25) is 0 Å². The third-order valence-electron chi connectivity index (χ3n) is 4.35. The van der Waals surface area contributed by atoms with Crippen molar-refractivity contribution in [1.29, 1.82) is 0 Å². The fourth-order valence-electron chi connectivity index (χ4n) is 2.88. The molecule has 2 heterocycles. The number of aromatic nitrogens is 5. The molecule has 0 aliphatic heterocycles. The van der Waals surface area contributed by atoms with Gasteiger partial charge in [0.05, 0.1) is 10.7 Å². The van der Waals surface area contributed by atoms with Gasteiger partial charge in [0.15, 0.2) is 11.0 Å². The van der Waals surface area contributed by atoms with Gasteiger partial charge in [0, 0.05) is 24.4 Å². The zero-order valence-electron chi connectivity index (χ0n) is 17.0. The lowest BCUT2D eigenvalue weighted by Gasteiger charge is -2.09. The van der Waals surface area contributed by atoms with E-state index < -0.39 is 35.1 Å². The first-order valence-corrected chi connectivity index (χ1v) is 10.4. The first-order valence-electron chi connectivity index (χ1n) is 9.42. The van der Waals surface area contributed by atoms with Crippen molar-refractivity contribution in [2.75, 3.05) is 11.1 Å². The molecule has 1 N–H and O–H groups in total. The molecule has 0 unspecified atom stereocenters. The maximum atomic E-state index is 13.2. The van der Waals surface area contributed by atoms with Crippen molar-refractivity contribution >= 4 is 29.0 Å². The van der Waals surface area contributed by atoms with Crippen LogP contribution in [0.25, 0.3) is 0 Å². The van der Waals surface area contributed by atoms with Crippen LogP contribution in [0.5, 0.6) is 0 Å². The van der Waals surface area contributed by atoms with Crippen molar-refractivity contribution in [1.82, 2.24) is 24.5 Å². The van der Waals surface area contributed by atoms with Gasteiger partial charge in [0.1, 0.15) is 17.9 Å².